The maximum absolute atomic E-state index is 14.2. The van der Waals surface area contributed by atoms with Crippen LogP contribution in [0.5, 0.6) is 5.75 Å². The molecule has 4 nitrogen and oxygen atoms in total. The van der Waals surface area contributed by atoms with Gasteiger partial charge in [-0.3, -0.25) is 9.97 Å². The lowest BCUT2D eigenvalue weighted by Crippen LogP contribution is -1.95. The second kappa shape index (κ2) is 8.67. The van der Waals surface area contributed by atoms with Crippen LogP contribution in [0, 0.1) is 11.6 Å². The first kappa shape index (κ1) is 20.6. The van der Waals surface area contributed by atoms with E-state index in [0.717, 1.165) is 51.7 Å². The van der Waals surface area contributed by atoms with Crippen molar-refractivity contribution in [1.82, 2.24) is 9.97 Å². The number of halogens is 2. The minimum absolute atomic E-state index is 0.113. The number of rotatable bonds is 5. The molecule has 0 atom stereocenters. The summed E-state index contributed by atoms with van der Waals surface area (Å²) in [5, 5.41) is 4.29. The number of pyridine rings is 2. The molecular formula is C27H19F2N3O. The zero-order valence-corrected chi connectivity index (χ0v) is 17.7. The first-order valence-corrected chi connectivity index (χ1v) is 10.3. The molecule has 0 bridgehead atoms. The molecular weight excluding hydrogens is 420 g/mol. The maximum atomic E-state index is 14.2. The molecule has 0 unspecified atom stereocenters. The van der Waals surface area contributed by atoms with Crippen molar-refractivity contribution in [3.05, 3.63) is 103 Å². The van der Waals surface area contributed by atoms with Crippen molar-refractivity contribution in [3.63, 3.8) is 0 Å². The largest absolute Gasteiger partial charge is 0.497 e. The van der Waals surface area contributed by atoms with Crippen LogP contribution in [-0.4, -0.2) is 17.1 Å². The van der Waals surface area contributed by atoms with Crippen molar-refractivity contribution in [3.8, 4) is 28.1 Å². The summed E-state index contributed by atoms with van der Waals surface area (Å²) in [5.74, 6) is -0.236. The number of nitrogens with one attached hydrogen (secondary N) is 1. The Morgan fingerprint density at radius 2 is 1.55 bits per heavy atom. The van der Waals surface area contributed by atoms with E-state index in [4.69, 9.17) is 4.74 Å². The van der Waals surface area contributed by atoms with Gasteiger partial charge in [0.25, 0.3) is 0 Å². The monoisotopic (exact) mass is 439 g/mol. The van der Waals surface area contributed by atoms with Crippen LogP contribution in [0.2, 0.25) is 0 Å². The predicted octanol–water partition coefficient (Wildman–Crippen LogP) is 6.99. The molecule has 0 fully saturated rings. The lowest BCUT2D eigenvalue weighted by molar-refractivity contribution is 0.415. The van der Waals surface area contributed by atoms with Gasteiger partial charge in [-0.25, -0.2) is 8.78 Å². The molecule has 0 saturated carbocycles. The fourth-order valence-corrected chi connectivity index (χ4v) is 3.73. The Balaban J connectivity index is 1.47. The highest BCUT2D eigenvalue weighted by molar-refractivity contribution is 5.95. The van der Waals surface area contributed by atoms with Crippen LogP contribution in [0.15, 0.2) is 91.3 Å². The van der Waals surface area contributed by atoms with Gasteiger partial charge < -0.3 is 10.1 Å². The third kappa shape index (κ3) is 4.23. The van der Waals surface area contributed by atoms with Gasteiger partial charge in [0.2, 0.25) is 0 Å². The van der Waals surface area contributed by atoms with Crippen molar-refractivity contribution < 1.29 is 13.5 Å². The number of aromatic nitrogens is 2. The van der Waals surface area contributed by atoms with Gasteiger partial charge in [-0.1, -0.05) is 24.3 Å². The van der Waals surface area contributed by atoms with Crippen LogP contribution in [0.3, 0.4) is 0 Å². The van der Waals surface area contributed by atoms with Gasteiger partial charge in [-0.2, -0.15) is 0 Å². The molecule has 5 aromatic rings. The predicted molar refractivity (Wildman–Crippen MR) is 127 cm³/mol. The second-order valence-corrected chi connectivity index (χ2v) is 7.50. The van der Waals surface area contributed by atoms with Crippen molar-refractivity contribution in [2.24, 2.45) is 0 Å². The van der Waals surface area contributed by atoms with E-state index in [-0.39, 0.29) is 5.56 Å². The zero-order chi connectivity index (χ0) is 22.8. The Morgan fingerprint density at radius 1 is 0.758 bits per heavy atom. The van der Waals surface area contributed by atoms with Gasteiger partial charge in [-0.05, 0) is 65.7 Å². The summed E-state index contributed by atoms with van der Waals surface area (Å²) in [5.41, 5.74) is 4.95. The van der Waals surface area contributed by atoms with E-state index in [1.165, 1.54) is 0 Å². The molecule has 0 amide bonds. The molecule has 5 rings (SSSR count). The van der Waals surface area contributed by atoms with Crippen LogP contribution in [0.1, 0.15) is 0 Å². The third-order valence-corrected chi connectivity index (χ3v) is 5.41. The number of anilines is 2. The van der Waals surface area contributed by atoms with Crippen LogP contribution in [0.25, 0.3) is 33.3 Å². The summed E-state index contributed by atoms with van der Waals surface area (Å²) in [7, 11) is 1.64. The summed E-state index contributed by atoms with van der Waals surface area (Å²) in [4.78, 5) is 8.73. The molecule has 2 heterocycles. The van der Waals surface area contributed by atoms with E-state index >= 15 is 0 Å². The zero-order valence-electron chi connectivity index (χ0n) is 17.7. The van der Waals surface area contributed by atoms with E-state index in [9.17, 15) is 8.78 Å². The summed E-state index contributed by atoms with van der Waals surface area (Å²) in [6.45, 7) is 0. The molecule has 0 saturated heterocycles. The quantitative estimate of drug-likeness (QED) is 0.320. The van der Waals surface area contributed by atoms with E-state index in [0.29, 0.717) is 11.4 Å². The topological polar surface area (TPSA) is 47.0 Å². The van der Waals surface area contributed by atoms with Gasteiger partial charge in [-0.15, -0.1) is 0 Å². The van der Waals surface area contributed by atoms with E-state index in [2.05, 4.69) is 15.3 Å². The van der Waals surface area contributed by atoms with Gasteiger partial charge in [0.05, 0.1) is 18.3 Å². The normalized spacial score (nSPS) is 10.9. The molecule has 0 aliphatic rings. The number of hydrogen-bond donors (Lipinski definition) is 1. The fraction of sp³-hybridized carbons (Fsp3) is 0.0370. The Bertz CT molecular complexity index is 1450. The van der Waals surface area contributed by atoms with Crippen LogP contribution in [-0.2, 0) is 0 Å². The number of methoxy groups -OCH3 is 1. The molecule has 1 N–H and O–H groups in total. The van der Waals surface area contributed by atoms with Crippen molar-refractivity contribution in [1.29, 1.82) is 0 Å². The number of hydrogen-bond acceptors (Lipinski definition) is 4. The summed E-state index contributed by atoms with van der Waals surface area (Å²) >= 11 is 0. The Morgan fingerprint density at radius 3 is 2.36 bits per heavy atom. The van der Waals surface area contributed by atoms with Crippen LogP contribution < -0.4 is 10.1 Å². The van der Waals surface area contributed by atoms with Gasteiger partial charge in [0, 0.05) is 34.7 Å². The van der Waals surface area contributed by atoms with Crippen LogP contribution in [0.4, 0.5) is 20.2 Å². The van der Waals surface area contributed by atoms with Crippen molar-refractivity contribution in [2.75, 3.05) is 12.4 Å². The van der Waals surface area contributed by atoms with E-state index in [1.807, 2.05) is 48.5 Å². The highest BCUT2D eigenvalue weighted by Gasteiger charge is 2.10. The molecule has 0 aliphatic heterocycles. The first-order valence-electron chi connectivity index (χ1n) is 10.3. The summed E-state index contributed by atoms with van der Waals surface area (Å²) in [6, 6.07) is 22.6. The first-order chi connectivity index (χ1) is 16.1. The highest BCUT2D eigenvalue weighted by atomic mass is 19.1. The minimum Gasteiger partial charge on any atom is -0.497 e. The molecule has 6 heteroatoms. The molecule has 33 heavy (non-hydrogen) atoms. The van der Waals surface area contributed by atoms with E-state index < -0.39 is 11.6 Å². The summed E-state index contributed by atoms with van der Waals surface area (Å²) < 4.78 is 33.1. The second-order valence-electron chi connectivity index (χ2n) is 7.50. The van der Waals surface area contributed by atoms with E-state index in [1.54, 1.807) is 31.6 Å². The van der Waals surface area contributed by atoms with Gasteiger partial charge in [0.15, 0.2) is 0 Å². The maximum Gasteiger partial charge on any atom is 0.132 e. The average molecular weight is 439 g/mol. The number of benzene rings is 3. The highest BCUT2D eigenvalue weighted by Crippen LogP contribution is 2.31. The Labute approximate surface area is 189 Å². The summed E-state index contributed by atoms with van der Waals surface area (Å²) in [6.07, 6.45) is 3.30. The molecule has 3 aromatic carbocycles. The number of nitrogens with zero attached hydrogens (tertiary/aromatic N) is 2. The molecule has 162 valence electrons. The Hall–Kier alpha value is -4.32. The van der Waals surface area contributed by atoms with Gasteiger partial charge in [0.1, 0.15) is 17.4 Å². The number of fused-ring (bicyclic) bond motifs is 1. The molecule has 0 radical (unpaired) electrons. The average Bonchev–Trinajstić information content (AvgIpc) is 2.85. The standard InChI is InChI=1S/C27H19F2N3O/c1-33-21-6-2-17(3-7-21)18-4-8-22-25(11-13-31-26(22)14-18)32-20-10-12-30-27(16-20)23-15-19(28)5-9-24(23)29/h2-16H,1H3,(H,30,31,32). The fourth-order valence-electron chi connectivity index (χ4n) is 3.73. The number of ether oxygens (including phenoxy) is 1. The molecule has 0 aliphatic carbocycles. The SMILES string of the molecule is COc1ccc(-c2ccc3c(Nc4ccnc(-c5cc(F)ccc5F)c4)ccnc3c2)cc1. The third-order valence-electron chi connectivity index (χ3n) is 5.41. The van der Waals surface area contributed by atoms with Crippen molar-refractivity contribution >= 4 is 22.3 Å². The van der Waals surface area contributed by atoms with Crippen molar-refractivity contribution in [2.45, 2.75) is 0 Å². The lowest BCUT2D eigenvalue weighted by atomic mass is 10.0. The minimum atomic E-state index is -0.526. The van der Waals surface area contributed by atoms with Crippen LogP contribution >= 0.6 is 0 Å². The molecule has 0 spiro atoms. The van der Waals surface area contributed by atoms with Gasteiger partial charge >= 0.3 is 0 Å². The lowest BCUT2D eigenvalue weighted by Gasteiger charge is -2.12. The molecule has 2 aromatic heterocycles. The smallest absolute Gasteiger partial charge is 0.132 e. The Kier molecular flexibility index (Phi) is 5.40.